The Hall–Kier alpha value is -1.24. The summed E-state index contributed by atoms with van der Waals surface area (Å²) in [4.78, 5) is 27.9. The Morgan fingerprint density at radius 1 is 1.24 bits per heavy atom. The minimum absolute atomic E-state index is 0.0404. The quantitative estimate of drug-likeness (QED) is 0.585. The van der Waals surface area contributed by atoms with Crippen LogP contribution in [0.4, 0.5) is 5.69 Å². The van der Waals surface area contributed by atoms with Crippen molar-refractivity contribution < 1.29 is 14.3 Å². The van der Waals surface area contributed by atoms with Gasteiger partial charge >= 0.3 is 5.97 Å². The number of aromatic nitrogens is 1. The molecule has 3 N–H and O–H groups in total. The largest absolute Gasteiger partial charge is 0.451 e. The maximum absolute atomic E-state index is 12.1. The molecule has 2 rings (SSSR count). The molecular weight excluding hydrogens is 389 g/mol. The molecule has 1 heterocycles. The molecule has 1 aromatic heterocycles. The molecule has 0 spiro atoms. The SMILES string of the molecule is C[C@@H]1[C@H](C)CCC[C@H]1NC(=O)COC(=O)c1nc(Cl)c(Cl)c(N)c1Cl. The maximum atomic E-state index is 12.1. The molecule has 0 aromatic carbocycles. The Labute approximate surface area is 161 Å². The molecule has 9 heteroatoms. The average molecular weight is 409 g/mol. The predicted molar refractivity (Wildman–Crippen MR) is 98.1 cm³/mol. The van der Waals surface area contributed by atoms with Crippen LogP contribution < -0.4 is 11.1 Å². The second-order valence-corrected chi connectivity index (χ2v) is 7.42. The summed E-state index contributed by atoms with van der Waals surface area (Å²) >= 11 is 17.5. The molecule has 1 amide bonds. The number of nitrogen functional groups attached to an aromatic ring is 1. The molecule has 138 valence electrons. The summed E-state index contributed by atoms with van der Waals surface area (Å²) in [5, 5.41) is 2.55. The molecule has 6 nitrogen and oxygen atoms in total. The number of carbonyl (C=O) groups excluding carboxylic acids is 2. The number of hydrogen-bond donors (Lipinski definition) is 2. The second-order valence-electron chi connectivity index (χ2n) is 6.31. The molecule has 0 radical (unpaired) electrons. The highest BCUT2D eigenvalue weighted by molar-refractivity contribution is 6.46. The van der Waals surface area contributed by atoms with Gasteiger partial charge in [-0.25, -0.2) is 9.78 Å². The van der Waals surface area contributed by atoms with Crippen molar-refractivity contribution >= 4 is 52.4 Å². The van der Waals surface area contributed by atoms with Crippen LogP contribution in [0.15, 0.2) is 0 Å². The maximum Gasteiger partial charge on any atom is 0.359 e. The summed E-state index contributed by atoms with van der Waals surface area (Å²) in [5.41, 5.74) is 5.31. The molecule has 0 unspecified atom stereocenters. The lowest BCUT2D eigenvalue weighted by Crippen LogP contribution is -2.45. The average Bonchev–Trinajstić information content (AvgIpc) is 2.58. The Kier molecular flexibility index (Phi) is 6.77. The molecule has 1 aromatic rings. The zero-order valence-corrected chi connectivity index (χ0v) is 16.2. The standard InChI is InChI=1S/C16H20Cl3N3O3/c1-7-4-3-5-9(8(7)2)21-10(23)6-25-16(24)14-11(17)13(20)12(18)15(19)22-14/h7-9H,3-6H2,1-2H3,(H2,20,22)(H,21,23)/t7-,8-,9-/m1/s1. The van der Waals surface area contributed by atoms with Crippen molar-refractivity contribution in [2.24, 2.45) is 11.8 Å². The first kappa shape index (κ1) is 20.1. The van der Waals surface area contributed by atoms with Crippen LogP contribution >= 0.6 is 34.8 Å². The van der Waals surface area contributed by atoms with E-state index in [2.05, 4.69) is 24.1 Å². The van der Waals surface area contributed by atoms with Gasteiger partial charge in [-0.05, 0) is 18.3 Å². The normalized spacial score (nSPS) is 23.2. The third kappa shape index (κ3) is 4.68. The van der Waals surface area contributed by atoms with Crippen LogP contribution in [-0.2, 0) is 9.53 Å². The molecule has 1 aliphatic rings. The van der Waals surface area contributed by atoms with E-state index in [9.17, 15) is 9.59 Å². The van der Waals surface area contributed by atoms with Crippen molar-refractivity contribution in [2.45, 2.75) is 39.2 Å². The summed E-state index contributed by atoms with van der Waals surface area (Å²) in [6.07, 6.45) is 3.14. The van der Waals surface area contributed by atoms with Gasteiger partial charge in [0.25, 0.3) is 5.91 Å². The van der Waals surface area contributed by atoms with Gasteiger partial charge in [0.05, 0.1) is 10.7 Å². The van der Waals surface area contributed by atoms with Crippen LogP contribution in [-0.4, -0.2) is 29.5 Å². The van der Waals surface area contributed by atoms with Crippen LogP contribution in [0.25, 0.3) is 0 Å². The molecule has 1 saturated carbocycles. The molecule has 25 heavy (non-hydrogen) atoms. The number of pyridine rings is 1. The first-order valence-corrected chi connectivity index (χ1v) is 9.12. The highest BCUT2D eigenvalue weighted by Gasteiger charge is 2.28. The molecular formula is C16H20Cl3N3O3. The summed E-state index contributed by atoms with van der Waals surface area (Å²) in [6.45, 7) is 3.85. The minimum atomic E-state index is -0.893. The zero-order chi connectivity index (χ0) is 18.7. The fraction of sp³-hybridized carbons (Fsp3) is 0.562. The Morgan fingerprint density at radius 3 is 2.60 bits per heavy atom. The lowest BCUT2D eigenvalue weighted by molar-refractivity contribution is -0.125. The van der Waals surface area contributed by atoms with Gasteiger partial charge in [-0.2, -0.15) is 0 Å². The van der Waals surface area contributed by atoms with Gasteiger partial charge in [-0.15, -0.1) is 0 Å². The van der Waals surface area contributed by atoms with E-state index in [1.165, 1.54) is 0 Å². The van der Waals surface area contributed by atoms with Gasteiger partial charge in [0.15, 0.2) is 17.5 Å². The summed E-state index contributed by atoms with van der Waals surface area (Å²) < 4.78 is 4.97. The van der Waals surface area contributed by atoms with E-state index in [0.717, 1.165) is 19.3 Å². The van der Waals surface area contributed by atoms with E-state index in [0.29, 0.717) is 11.8 Å². The number of nitrogens with zero attached hydrogens (tertiary/aromatic N) is 1. The number of halogens is 3. The predicted octanol–water partition coefficient (Wildman–Crippen LogP) is 3.72. The molecule has 0 aliphatic heterocycles. The number of carbonyl (C=O) groups is 2. The van der Waals surface area contributed by atoms with Crippen molar-refractivity contribution in [2.75, 3.05) is 12.3 Å². The van der Waals surface area contributed by atoms with Gasteiger partial charge < -0.3 is 15.8 Å². The van der Waals surface area contributed by atoms with E-state index in [1.807, 2.05) is 0 Å². The monoisotopic (exact) mass is 407 g/mol. The highest BCUT2D eigenvalue weighted by Crippen LogP contribution is 2.34. The van der Waals surface area contributed by atoms with Crippen LogP contribution in [0.2, 0.25) is 15.2 Å². The Morgan fingerprint density at radius 2 is 1.92 bits per heavy atom. The minimum Gasteiger partial charge on any atom is -0.451 e. The van der Waals surface area contributed by atoms with Crippen molar-refractivity contribution in [1.82, 2.24) is 10.3 Å². The topological polar surface area (TPSA) is 94.3 Å². The first-order valence-electron chi connectivity index (χ1n) is 7.98. The van der Waals surface area contributed by atoms with Crippen molar-refractivity contribution in [3.8, 4) is 0 Å². The fourth-order valence-electron chi connectivity index (χ4n) is 2.90. The van der Waals surface area contributed by atoms with E-state index < -0.39 is 12.6 Å². The number of nitrogens with one attached hydrogen (secondary N) is 1. The molecule has 3 atom stereocenters. The lowest BCUT2D eigenvalue weighted by Gasteiger charge is -2.34. The molecule has 0 saturated heterocycles. The third-order valence-electron chi connectivity index (χ3n) is 4.65. The molecule has 0 bridgehead atoms. The molecule has 1 aliphatic carbocycles. The summed E-state index contributed by atoms with van der Waals surface area (Å²) in [7, 11) is 0. The van der Waals surface area contributed by atoms with E-state index >= 15 is 0 Å². The van der Waals surface area contributed by atoms with Crippen molar-refractivity contribution in [3.05, 3.63) is 20.9 Å². The van der Waals surface area contributed by atoms with Crippen LogP contribution in [0, 0.1) is 11.8 Å². The Balaban J connectivity index is 1.95. The number of esters is 1. The van der Waals surface area contributed by atoms with Crippen molar-refractivity contribution in [3.63, 3.8) is 0 Å². The van der Waals surface area contributed by atoms with Gasteiger partial charge in [0, 0.05) is 6.04 Å². The summed E-state index contributed by atoms with van der Waals surface area (Å²) in [6, 6.07) is 0.0808. The van der Waals surface area contributed by atoms with E-state index in [-0.39, 0.29) is 38.5 Å². The van der Waals surface area contributed by atoms with Gasteiger partial charge in [0.1, 0.15) is 5.02 Å². The number of nitrogens with two attached hydrogens (primary N) is 1. The fourth-order valence-corrected chi connectivity index (χ4v) is 3.49. The van der Waals surface area contributed by atoms with Gasteiger partial charge in [-0.1, -0.05) is 61.5 Å². The van der Waals surface area contributed by atoms with Gasteiger partial charge in [-0.3, -0.25) is 4.79 Å². The third-order valence-corrected chi connectivity index (χ3v) is 5.79. The van der Waals surface area contributed by atoms with Gasteiger partial charge in [0.2, 0.25) is 0 Å². The first-order chi connectivity index (χ1) is 11.7. The van der Waals surface area contributed by atoms with Crippen LogP contribution in [0.5, 0.6) is 0 Å². The van der Waals surface area contributed by atoms with Crippen molar-refractivity contribution in [1.29, 1.82) is 0 Å². The second kappa shape index (κ2) is 8.43. The number of rotatable bonds is 4. The van der Waals surface area contributed by atoms with Crippen LogP contribution in [0.3, 0.4) is 0 Å². The summed E-state index contributed by atoms with van der Waals surface area (Å²) in [5.74, 6) is -0.345. The van der Waals surface area contributed by atoms with E-state index in [4.69, 9.17) is 45.3 Å². The number of amides is 1. The smallest absolute Gasteiger partial charge is 0.359 e. The number of hydrogen-bond acceptors (Lipinski definition) is 5. The zero-order valence-electron chi connectivity index (χ0n) is 13.9. The lowest BCUT2D eigenvalue weighted by atomic mass is 9.78. The van der Waals surface area contributed by atoms with E-state index in [1.54, 1.807) is 0 Å². The van der Waals surface area contributed by atoms with Crippen LogP contribution in [0.1, 0.15) is 43.6 Å². The Bertz CT molecular complexity index is 684. The number of anilines is 1. The molecule has 1 fully saturated rings. The number of ether oxygens (including phenoxy) is 1. The highest BCUT2D eigenvalue weighted by atomic mass is 35.5.